The normalized spacial score (nSPS) is 24.3. The van der Waals surface area contributed by atoms with Crippen molar-refractivity contribution in [2.24, 2.45) is 23.2 Å². The third-order valence-electron chi connectivity index (χ3n) is 10.6. The van der Waals surface area contributed by atoms with E-state index in [2.05, 4.69) is 15.6 Å². The summed E-state index contributed by atoms with van der Waals surface area (Å²) < 4.78 is 6.87. The number of fused-ring (bicyclic) bond motifs is 1. The lowest BCUT2D eigenvalue weighted by Crippen LogP contribution is -2.67. The SMILES string of the molecule is COC(=O)c1c(Cc2ccc(C(=O)N[C@@H]3[C@@H]4C[C@@H]5C[C@H]3C[C@@](NC(=O)C(C)(C)C)(C5)C4)cc2)c(=O)c2cccnc2n1-c1ccccc1. The van der Waals surface area contributed by atoms with Crippen LogP contribution in [0.2, 0.25) is 0 Å². The third kappa shape index (κ3) is 5.69. The molecule has 2 N–H and O–H groups in total. The minimum atomic E-state index is -0.634. The van der Waals surface area contributed by atoms with Crippen molar-refractivity contribution in [1.82, 2.24) is 20.2 Å². The van der Waals surface area contributed by atoms with Crippen molar-refractivity contribution >= 4 is 28.8 Å². The molecule has 2 heterocycles. The van der Waals surface area contributed by atoms with Crippen molar-refractivity contribution in [3.63, 3.8) is 0 Å². The van der Waals surface area contributed by atoms with Gasteiger partial charge in [0.25, 0.3) is 5.91 Å². The topological polar surface area (TPSA) is 119 Å². The molecular weight excluding hydrogens is 604 g/mol. The molecule has 4 bridgehead atoms. The van der Waals surface area contributed by atoms with Crippen molar-refractivity contribution in [2.75, 3.05) is 7.11 Å². The number of amides is 2. The van der Waals surface area contributed by atoms with Crippen LogP contribution >= 0.6 is 0 Å². The van der Waals surface area contributed by atoms with Crippen LogP contribution in [-0.2, 0) is 16.0 Å². The Morgan fingerprint density at radius 1 is 0.938 bits per heavy atom. The Morgan fingerprint density at radius 3 is 2.27 bits per heavy atom. The van der Waals surface area contributed by atoms with Gasteiger partial charge in [0.15, 0.2) is 5.43 Å². The monoisotopic (exact) mass is 646 g/mol. The van der Waals surface area contributed by atoms with Gasteiger partial charge in [0.2, 0.25) is 5.91 Å². The molecule has 4 aliphatic rings. The van der Waals surface area contributed by atoms with Crippen LogP contribution in [0.15, 0.2) is 77.7 Å². The summed E-state index contributed by atoms with van der Waals surface area (Å²) in [6, 6.07) is 20.0. The molecule has 8 rings (SSSR count). The van der Waals surface area contributed by atoms with Crippen LogP contribution in [0.4, 0.5) is 0 Å². The fourth-order valence-electron chi connectivity index (χ4n) is 8.62. The quantitative estimate of drug-likeness (QED) is 0.252. The third-order valence-corrected chi connectivity index (χ3v) is 10.6. The number of carbonyl (C=O) groups excluding carboxylic acids is 3. The maximum atomic E-state index is 13.9. The molecule has 4 saturated carbocycles. The van der Waals surface area contributed by atoms with Gasteiger partial charge in [-0.25, -0.2) is 9.78 Å². The number of para-hydroxylation sites is 1. The van der Waals surface area contributed by atoms with Crippen molar-refractivity contribution in [3.8, 4) is 5.69 Å². The summed E-state index contributed by atoms with van der Waals surface area (Å²) in [5, 5.41) is 7.19. The molecule has 4 fully saturated rings. The Balaban J connectivity index is 1.13. The van der Waals surface area contributed by atoms with Gasteiger partial charge in [-0.1, -0.05) is 51.1 Å². The summed E-state index contributed by atoms with van der Waals surface area (Å²) in [7, 11) is 1.30. The molecule has 2 aromatic carbocycles. The number of nitrogens with one attached hydrogen (secondary N) is 2. The lowest BCUT2D eigenvalue weighted by atomic mass is 9.51. The molecule has 9 nitrogen and oxygen atoms in total. The second-order valence-electron chi connectivity index (χ2n) is 15.0. The predicted octanol–water partition coefficient (Wildman–Crippen LogP) is 5.60. The molecule has 9 heteroatoms. The maximum Gasteiger partial charge on any atom is 0.355 e. The Bertz CT molecular complexity index is 1940. The Labute approximate surface area is 280 Å². The van der Waals surface area contributed by atoms with E-state index in [0.717, 1.165) is 37.7 Å². The smallest absolute Gasteiger partial charge is 0.355 e. The largest absolute Gasteiger partial charge is 0.464 e. The van der Waals surface area contributed by atoms with Crippen molar-refractivity contribution in [2.45, 2.75) is 70.9 Å². The van der Waals surface area contributed by atoms with Crippen LogP contribution in [0, 0.1) is 23.2 Å². The molecule has 48 heavy (non-hydrogen) atoms. The Kier molecular flexibility index (Phi) is 7.96. The van der Waals surface area contributed by atoms with Crippen LogP contribution in [0.1, 0.15) is 84.8 Å². The summed E-state index contributed by atoms with van der Waals surface area (Å²) in [5.41, 5.74) is 1.91. The van der Waals surface area contributed by atoms with E-state index >= 15 is 0 Å². The molecule has 0 spiro atoms. The van der Waals surface area contributed by atoms with Gasteiger partial charge in [-0.2, -0.15) is 0 Å². The number of ether oxygens (including phenoxy) is 1. The van der Waals surface area contributed by atoms with Crippen LogP contribution in [0.5, 0.6) is 0 Å². The number of pyridine rings is 2. The standard InChI is InChI=1S/C39H42N4O5/c1-38(2,3)37(47)42-39-20-24-17-26(21-39)31(27(18-24)22-39)41-35(45)25-14-12-23(13-15-25)19-30-32(36(46)48-4)43(28-9-6-5-7-10-28)34-29(33(30)44)11-8-16-40-34/h5-16,24,26-27,31H,17-22H2,1-4H3,(H,41,45)(H,42,47)/t24-,26-,27+,31-,39-. The Morgan fingerprint density at radius 2 is 1.62 bits per heavy atom. The molecule has 0 aliphatic heterocycles. The van der Waals surface area contributed by atoms with Gasteiger partial charge in [0, 0.05) is 46.4 Å². The van der Waals surface area contributed by atoms with Gasteiger partial charge in [-0.3, -0.25) is 19.0 Å². The van der Waals surface area contributed by atoms with E-state index in [9.17, 15) is 19.2 Å². The molecule has 0 radical (unpaired) electrons. The number of rotatable bonds is 7. The summed E-state index contributed by atoms with van der Waals surface area (Å²) in [4.78, 5) is 58.1. The molecule has 4 aliphatic carbocycles. The number of esters is 1. The van der Waals surface area contributed by atoms with E-state index < -0.39 is 11.4 Å². The van der Waals surface area contributed by atoms with Gasteiger partial charge in [-0.15, -0.1) is 0 Å². The maximum absolute atomic E-state index is 13.9. The lowest BCUT2D eigenvalue weighted by molar-refractivity contribution is -0.135. The molecule has 5 atom stereocenters. The van der Waals surface area contributed by atoms with E-state index in [1.165, 1.54) is 7.11 Å². The summed E-state index contributed by atoms with van der Waals surface area (Å²) in [6.07, 6.45) is 6.75. The molecule has 0 saturated heterocycles. The number of carbonyl (C=O) groups is 3. The first-order chi connectivity index (χ1) is 23.0. The van der Waals surface area contributed by atoms with Crippen LogP contribution in [0.3, 0.4) is 0 Å². The molecule has 248 valence electrons. The molecule has 2 amide bonds. The van der Waals surface area contributed by atoms with Crippen molar-refractivity contribution in [3.05, 3.63) is 106 Å². The highest BCUT2D eigenvalue weighted by molar-refractivity contribution is 5.95. The summed E-state index contributed by atoms with van der Waals surface area (Å²) >= 11 is 0. The number of benzene rings is 2. The zero-order valence-corrected chi connectivity index (χ0v) is 27.9. The predicted molar refractivity (Wildman–Crippen MR) is 183 cm³/mol. The second kappa shape index (κ2) is 12.0. The molecule has 2 aromatic heterocycles. The van der Waals surface area contributed by atoms with Gasteiger partial charge >= 0.3 is 5.97 Å². The second-order valence-corrected chi connectivity index (χ2v) is 15.0. The van der Waals surface area contributed by atoms with Crippen LogP contribution < -0.4 is 16.1 Å². The first-order valence-corrected chi connectivity index (χ1v) is 16.8. The average Bonchev–Trinajstić information content (AvgIpc) is 3.07. The number of hydrogen-bond donors (Lipinski definition) is 2. The van der Waals surface area contributed by atoms with E-state index in [1.807, 2.05) is 63.2 Å². The fourth-order valence-corrected chi connectivity index (χ4v) is 8.62. The van der Waals surface area contributed by atoms with Gasteiger partial charge < -0.3 is 15.4 Å². The molecular formula is C39H42N4O5. The lowest BCUT2D eigenvalue weighted by Gasteiger charge is -2.60. The van der Waals surface area contributed by atoms with E-state index in [4.69, 9.17) is 4.74 Å². The molecule has 4 aromatic rings. The van der Waals surface area contributed by atoms with Crippen LogP contribution in [0.25, 0.3) is 16.7 Å². The number of nitrogens with zero attached hydrogens (tertiary/aromatic N) is 2. The van der Waals surface area contributed by atoms with Crippen LogP contribution in [-0.4, -0.2) is 46.0 Å². The van der Waals surface area contributed by atoms with E-state index in [-0.39, 0.29) is 40.9 Å². The number of aromatic nitrogens is 2. The highest BCUT2D eigenvalue weighted by atomic mass is 16.5. The summed E-state index contributed by atoms with van der Waals surface area (Å²) in [6.45, 7) is 5.86. The van der Waals surface area contributed by atoms with Gasteiger partial charge in [0.1, 0.15) is 11.3 Å². The van der Waals surface area contributed by atoms with Gasteiger partial charge in [-0.05, 0) is 91.8 Å². The van der Waals surface area contributed by atoms with Crippen molar-refractivity contribution in [1.29, 1.82) is 0 Å². The average molecular weight is 647 g/mol. The first-order valence-electron chi connectivity index (χ1n) is 16.8. The van der Waals surface area contributed by atoms with Gasteiger partial charge in [0.05, 0.1) is 12.5 Å². The minimum Gasteiger partial charge on any atom is -0.464 e. The fraction of sp³-hybridized carbons (Fsp3) is 0.410. The minimum absolute atomic E-state index is 0.0821. The molecule has 0 unspecified atom stereocenters. The highest BCUT2D eigenvalue weighted by Gasteiger charge is 2.56. The zero-order chi connectivity index (χ0) is 33.8. The number of methoxy groups -OCH3 is 1. The highest BCUT2D eigenvalue weighted by Crippen LogP contribution is 2.56. The summed E-state index contributed by atoms with van der Waals surface area (Å²) in [5.74, 6) is 0.608. The zero-order valence-electron chi connectivity index (χ0n) is 27.9. The number of hydrogen-bond acceptors (Lipinski definition) is 6. The van der Waals surface area contributed by atoms with Crippen molar-refractivity contribution < 1.29 is 19.1 Å². The first kappa shape index (κ1) is 31.8. The Hall–Kier alpha value is -4.79. The van der Waals surface area contributed by atoms with E-state index in [1.54, 1.807) is 35.0 Å². The van der Waals surface area contributed by atoms with E-state index in [0.29, 0.717) is 45.6 Å².